The maximum atomic E-state index is 8.87. The van der Waals surface area contributed by atoms with Crippen molar-refractivity contribution >= 4 is 27.5 Å². The van der Waals surface area contributed by atoms with E-state index >= 15 is 0 Å². The lowest BCUT2D eigenvalue weighted by Gasteiger charge is -2.07. The summed E-state index contributed by atoms with van der Waals surface area (Å²) in [6.45, 7) is 4.79. The second-order valence-corrected chi connectivity index (χ2v) is 4.45. The monoisotopic (exact) mass is 289 g/mol. The molecule has 0 radical (unpaired) electrons. The summed E-state index contributed by atoms with van der Waals surface area (Å²) >= 11 is 9.20. The number of hydrogen-bond acceptors (Lipinski definition) is 2. The molecule has 0 aliphatic heterocycles. The number of hydrogen-bond donors (Lipinski definition) is 0. The normalized spacial score (nSPS) is 12.5. The van der Waals surface area contributed by atoms with Crippen LogP contribution in [0.4, 0.5) is 0 Å². The lowest BCUT2D eigenvalue weighted by atomic mass is 10.1. The molecule has 3 nitrogen and oxygen atoms in total. The number of nitriles is 1. The lowest BCUT2D eigenvalue weighted by Crippen LogP contribution is -2.10. The Morgan fingerprint density at radius 3 is 2.80 bits per heavy atom. The fourth-order valence-electron chi connectivity index (χ4n) is 1.43. The van der Waals surface area contributed by atoms with Crippen molar-refractivity contribution in [3.05, 3.63) is 15.9 Å². The van der Waals surface area contributed by atoms with Gasteiger partial charge < -0.3 is 0 Å². The first kappa shape index (κ1) is 12.5. The van der Waals surface area contributed by atoms with Crippen LogP contribution in [0.15, 0.2) is 4.47 Å². The van der Waals surface area contributed by atoms with Gasteiger partial charge in [-0.05, 0) is 29.8 Å². The van der Waals surface area contributed by atoms with Crippen LogP contribution in [-0.2, 0) is 13.0 Å². The Balaban J connectivity index is 2.98. The molecule has 0 saturated carbocycles. The highest BCUT2D eigenvalue weighted by molar-refractivity contribution is 9.10. The number of halogens is 2. The number of aryl methyl sites for hydroxylation is 2. The van der Waals surface area contributed by atoms with Crippen LogP contribution < -0.4 is 0 Å². The third kappa shape index (κ3) is 2.73. The van der Waals surface area contributed by atoms with Gasteiger partial charge in [-0.2, -0.15) is 10.4 Å². The third-order valence-corrected chi connectivity index (χ3v) is 3.67. The number of nitrogens with zero attached hydrogens (tertiary/aromatic N) is 3. The van der Waals surface area contributed by atoms with Gasteiger partial charge in [0.15, 0.2) is 0 Å². The van der Waals surface area contributed by atoms with Gasteiger partial charge in [0.25, 0.3) is 0 Å². The van der Waals surface area contributed by atoms with Crippen LogP contribution in [-0.4, -0.2) is 15.7 Å². The molecule has 0 N–H and O–H groups in total. The molecule has 0 aliphatic carbocycles. The molecule has 1 aromatic heterocycles. The minimum absolute atomic E-state index is 0.149. The molecule has 15 heavy (non-hydrogen) atoms. The van der Waals surface area contributed by atoms with E-state index in [1.54, 1.807) is 0 Å². The number of alkyl halides is 1. The average molecular weight is 291 g/mol. The lowest BCUT2D eigenvalue weighted by molar-refractivity contribution is 0.589. The van der Waals surface area contributed by atoms with Crippen LogP contribution in [0.2, 0.25) is 0 Å². The molecule has 82 valence electrons. The van der Waals surface area contributed by atoms with E-state index in [1.807, 2.05) is 18.5 Å². The third-order valence-electron chi connectivity index (χ3n) is 2.26. The highest BCUT2D eigenvalue weighted by atomic mass is 79.9. The SMILES string of the molecule is CCn1nc(C)c(Br)c1CC(C#N)CCl. The van der Waals surface area contributed by atoms with E-state index in [0.717, 1.165) is 22.4 Å². The number of rotatable bonds is 4. The van der Waals surface area contributed by atoms with E-state index in [2.05, 4.69) is 27.1 Å². The molecule has 0 amide bonds. The summed E-state index contributed by atoms with van der Waals surface area (Å²) in [6.07, 6.45) is 0.648. The molecule has 5 heteroatoms. The van der Waals surface area contributed by atoms with Crippen LogP contribution in [0, 0.1) is 24.2 Å². The standard InChI is InChI=1S/C10H13BrClN3/c1-3-15-9(4-8(5-12)6-13)10(11)7(2)14-15/h8H,3-5H2,1-2H3. The van der Waals surface area contributed by atoms with Crippen molar-refractivity contribution < 1.29 is 0 Å². The maximum absolute atomic E-state index is 8.87. The van der Waals surface area contributed by atoms with Gasteiger partial charge in [0.2, 0.25) is 0 Å². The van der Waals surface area contributed by atoms with Gasteiger partial charge in [-0.3, -0.25) is 4.68 Å². The van der Waals surface area contributed by atoms with E-state index < -0.39 is 0 Å². The van der Waals surface area contributed by atoms with Crippen molar-refractivity contribution in [3.8, 4) is 6.07 Å². The Labute approximate surface area is 103 Å². The van der Waals surface area contributed by atoms with Crippen molar-refractivity contribution in [2.24, 2.45) is 5.92 Å². The molecule has 0 saturated heterocycles. The van der Waals surface area contributed by atoms with Crippen LogP contribution in [0.1, 0.15) is 18.3 Å². The fraction of sp³-hybridized carbons (Fsp3) is 0.600. The summed E-state index contributed by atoms with van der Waals surface area (Å²) in [7, 11) is 0. The molecule has 1 rings (SSSR count). The van der Waals surface area contributed by atoms with E-state index in [0.29, 0.717) is 12.3 Å². The van der Waals surface area contributed by atoms with Gasteiger partial charge in [0.1, 0.15) is 0 Å². The molecule has 1 atom stereocenters. The molecule has 1 unspecified atom stereocenters. The molecule has 0 fully saturated rings. The number of aromatic nitrogens is 2. The topological polar surface area (TPSA) is 41.6 Å². The molecule has 0 spiro atoms. The van der Waals surface area contributed by atoms with Crippen molar-refractivity contribution in [3.63, 3.8) is 0 Å². The molecule has 1 aromatic rings. The Bertz CT molecular complexity index is 381. The Morgan fingerprint density at radius 1 is 1.67 bits per heavy atom. The van der Waals surface area contributed by atoms with Gasteiger partial charge in [-0.1, -0.05) is 0 Å². The van der Waals surface area contributed by atoms with Gasteiger partial charge >= 0.3 is 0 Å². The van der Waals surface area contributed by atoms with Crippen molar-refractivity contribution in [2.75, 3.05) is 5.88 Å². The Hall–Kier alpha value is -0.530. The molecule has 1 heterocycles. The van der Waals surface area contributed by atoms with Gasteiger partial charge in [-0.25, -0.2) is 0 Å². The van der Waals surface area contributed by atoms with Crippen LogP contribution in [0.3, 0.4) is 0 Å². The zero-order valence-electron chi connectivity index (χ0n) is 8.80. The average Bonchev–Trinajstić information content (AvgIpc) is 2.52. The summed E-state index contributed by atoms with van der Waals surface area (Å²) in [5.74, 6) is 0.209. The zero-order valence-corrected chi connectivity index (χ0v) is 11.1. The smallest absolute Gasteiger partial charge is 0.0738 e. The van der Waals surface area contributed by atoms with Crippen LogP contribution in [0.5, 0.6) is 0 Å². The second kappa shape index (κ2) is 5.53. The quantitative estimate of drug-likeness (QED) is 0.800. The molecule has 0 aliphatic rings. The van der Waals surface area contributed by atoms with Crippen molar-refractivity contribution in [2.45, 2.75) is 26.8 Å². The first-order valence-electron chi connectivity index (χ1n) is 4.81. The first-order valence-corrected chi connectivity index (χ1v) is 6.14. The minimum Gasteiger partial charge on any atom is -0.268 e. The summed E-state index contributed by atoms with van der Waals surface area (Å²) in [6, 6.07) is 2.19. The van der Waals surface area contributed by atoms with Crippen molar-refractivity contribution in [1.29, 1.82) is 5.26 Å². The van der Waals surface area contributed by atoms with Crippen LogP contribution >= 0.6 is 27.5 Å². The zero-order chi connectivity index (χ0) is 11.4. The predicted molar refractivity (Wildman–Crippen MR) is 63.9 cm³/mol. The summed E-state index contributed by atoms with van der Waals surface area (Å²) in [4.78, 5) is 0. The van der Waals surface area contributed by atoms with E-state index in [4.69, 9.17) is 16.9 Å². The second-order valence-electron chi connectivity index (χ2n) is 3.35. The largest absolute Gasteiger partial charge is 0.268 e. The highest BCUT2D eigenvalue weighted by Gasteiger charge is 2.16. The Kier molecular flexibility index (Phi) is 4.62. The minimum atomic E-state index is -0.149. The molecular formula is C10H13BrClN3. The highest BCUT2D eigenvalue weighted by Crippen LogP contribution is 2.23. The summed E-state index contributed by atoms with van der Waals surface area (Å²) < 4.78 is 2.91. The van der Waals surface area contributed by atoms with E-state index in [1.165, 1.54) is 0 Å². The molecule has 0 bridgehead atoms. The van der Waals surface area contributed by atoms with Gasteiger partial charge in [-0.15, -0.1) is 11.6 Å². The molecule has 0 aromatic carbocycles. The van der Waals surface area contributed by atoms with Crippen LogP contribution in [0.25, 0.3) is 0 Å². The summed E-state index contributed by atoms with van der Waals surface area (Å²) in [5.41, 5.74) is 2.01. The van der Waals surface area contributed by atoms with Gasteiger partial charge in [0, 0.05) is 18.8 Å². The fourth-order valence-corrected chi connectivity index (χ4v) is 2.06. The van der Waals surface area contributed by atoms with Gasteiger partial charge in [0.05, 0.1) is 27.8 Å². The predicted octanol–water partition coefficient (Wildman–Crippen LogP) is 2.90. The molecular weight excluding hydrogens is 277 g/mol. The first-order chi connectivity index (χ1) is 7.13. The van der Waals surface area contributed by atoms with E-state index in [9.17, 15) is 0 Å². The van der Waals surface area contributed by atoms with Crippen molar-refractivity contribution in [1.82, 2.24) is 9.78 Å². The summed E-state index contributed by atoms with van der Waals surface area (Å²) in [5, 5.41) is 13.2. The van der Waals surface area contributed by atoms with E-state index in [-0.39, 0.29) is 5.92 Å². The maximum Gasteiger partial charge on any atom is 0.0738 e. The Morgan fingerprint density at radius 2 is 2.33 bits per heavy atom.